The van der Waals surface area contributed by atoms with Crippen molar-refractivity contribution in [2.75, 3.05) is 5.73 Å². The Labute approximate surface area is 128 Å². The van der Waals surface area contributed by atoms with Crippen LogP contribution in [-0.4, -0.2) is 4.98 Å². The average Bonchev–Trinajstić information content (AvgIpc) is 2.41. The van der Waals surface area contributed by atoms with E-state index in [9.17, 15) is 9.65 Å². The van der Waals surface area contributed by atoms with Gasteiger partial charge >= 0.3 is 0 Å². The third-order valence-electron chi connectivity index (χ3n) is 3.27. The molecular formula is C16H15ClFN3. The Kier molecular flexibility index (Phi) is 3.89. The highest BCUT2D eigenvalue weighted by Crippen LogP contribution is 2.34. The number of rotatable bonds is 1. The second kappa shape index (κ2) is 5.34. The van der Waals surface area contributed by atoms with Gasteiger partial charge in [0.1, 0.15) is 16.8 Å². The zero-order valence-electron chi connectivity index (χ0n) is 12.0. The van der Waals surface area contributed by atoms with Gasteiger partial charge in [0.2, 0.25) is 0 Å². The number of nitriles is 1. The highest BCUT2D eigenvalue weighted by Gasteiger charge is 2.20. The highest BCUT2D eigenvalue weighted by molar-refractivity contribution is 6.31. The van der Waals surface area contributed by atoms with Crippen LogP contribution in [0.25, 0.3) is 11.1 Å². The lowest BCUT2D eigenvalue weighted by molar-refractivity contribution is 0.590. The van der Waals surface area contributed by atoms with Crippen molar-refractivity contribution >= 4 is 17.4 Å². The molecule has 0 aliphatic heterocycles. The van der Waals surface area contributed by atoms with Crippen molar-refractivity contribution in [2.45, 2.75) is 26.2 Å². The molecule has 0 aliphatic rings. The van der Waals surface area contributed by atoms with E-state index >= 15 is 0 Å². The number of anilines is 1. The zero-order valence-corrected chi connectivity index (χ0v) is 12.8. The van der Waals surface area contributed by atoms with Crippen LogP contribution in [0.1, 0.15) is 31.9 Å². The van der Waals surface area contributed by atoms with E-state index in [1.54, 1.807) is 12.1 Å². The summed E-state index contributed by atoms with van der Waals surface area (Å²) in [6, 6.07) is 9.21. The monoisotopic (exact) mass is 303 g/mol. The average molecular weight is 304 g/mol. The van der Waals surface area contributed by atoms with Crippen molar-refractivity contribution in [3.05, 3.63) is 46.4 Å². The first-order valence-electron chi connectivity index (χ1n) is 6.41. The molecule has 0 saturated carbocycles. The Morgan fingerprint density at radius 1 is 1.24 bits per heavy atom. The van der Waals surface area contributed by atoms with E-state index in [0.29, 0.717) is 5.56 Å². The number of hydrogen-bond acceptors (Lipinski definition) is 3. The van der Waals surface area contributed by atoms with Gasteiger partial charge in [-0.1, -0.05) is 56.6 Å². The predicted molar refractivity (Wildman–Crippen MR) is 82.5 cm³/mol. The lowest BCUT2D eigenvalue weighted by Gasteiger charge is -2.19. The normalized spacial score (nSPS) is 11.2. The second-order valence-corrected chi connectivity index (χ2v) is 6.15. The predicted octanol–water partition coefficient (Wildman–Crippen LogP) is 4.29. The van der Waals surface area contributed by atoms with Crippen LogP contribution >= 0.6 is 11.6 Å². The number of nitrogen functional groups attached to an aromatic ring is 1. The molecule has 0 spiro atoms. The first-order valence-corrected chi connectivity index (χ1v) is 6.79. The SMILES string of the molecule is CC(C)(C)c1ccc(-c2c(F)c(N)nc(Cl)c2C#N)cc1. The lowest BCUT2D eigenvalue weighted by atomic mass is 9.86. The van der Waals surface area contributed by atoms with E-state index in [4.69, 9.17) is 17.3 Å². The molecule has 0 fully saturated rings. The minimum Gasteiger partial charge on any atom is -0.381 e. The number of pyridine rings is 1. The molecule has 0 radical (unpaired) electrons. The van der Waals surface area contributed by atoms with Gasteiger partial charge < -0.3 is 5.73 Å². The topological polar surface area (TPSA) is 62.7 Å². The van der Waals surface area contributed by atoms with E-state index in [2.05, 4.69) is 25.8 Å². The third kappa shape index (κ3) is 2.84. The van der Waals surface area contributed by atoms with Crippen LogP contribution in [-0.2, 0) is 5.41 Å². The van der Waals surface area contributed by atoms with Gasteiger partial charge in [-0.3, -0.25) is 0 Å². The second-order valence-electron chi connectivity index (χ2n) is 5.79. The molecule has 1 aromatic heterocycles. The van der Waals surface area contributed by atoms with Crippen molar-refractivity contribution in [3.8, 4) is 17.2 Å². The van der Waals surface area contributed by atoms with Crippen LogP contribution in [0, 0.1) is 17.1 Å². The van der Waals surface area contributed by atoms with E-state index in [-0.39, 0.29) is 27.5 Å². The van der Waals surface area contributed by atoms with Gasteiger partial charge in [-0.05, 0) is 16.5 Å². The molecule has 0 saturated heterocycles. The van der Waals surface area contributed by atoms with Crippen LogP contribution in [0.4, 0.5) is 10.2 Å². The van der Waals surface area contributed by atoms with Gasteiger partial charge in [0, 0.05) is 5.56 Å². The number of benzene rings is 1. The maximum Gasteiger partial charge on any atom is 0.174 e. The van der Waals surface area contributed by atoms with Crippen molar-refractivity contribution in [1.82, 2.24) is 4.98 Å². The molecule has 0 bridgehead atoms. The van der Waals surface area contributed by atoms with Gasteiger partial charge in [-0.25, -0.2) is 9.37 Å². The van der Waals surface area contributed by atoms with Crippen LogP contribution < -0.4 is 5.73 Å². The maximum atomic E-state index is 14.3. The Morgan fingerprint density at radius 3 is 2.29 bits per heavy atom. The number of hydrogen-bond donors (Lipinski definition) is 1. The minimum absolute atomic E-state index is 0.00752. The molecule has 2 rings (SSSR count). The van der Waals surface area contributed by atoms with Gasteiger partial charge in [0.15, 0.2) is 11.6 Å². The molecule has 5 heteroatoms. The molecule has 3 nitrogen and oxygen atoms in total. The van der Waals surface area contributed by atoms with E-state index in [0.717, 1.165) is 5.56 Å². The minimum atomic E-state index is -0.723. The first-order chi connectivity index (χ1) is 9.75. The van der Waals surface area contributed by atoms with Crippen LogP contribution in [0.5, 0.6) is 0 Å². The molecule has 1 heterocycles. The maximum absolute atomic E-state index is 14.3. The van der Waals surface area contributed by atoms with Crippen LogP contribution in [0.15, 0.2) is 24.3 Å². The first kappa shape index (κ1) is 15.3. The Balaban J connectivity index is 2.65. The molecule has 2 N–H and O–H groups in total. The van der Waals surface area contributed by atoms with Crippen LogP contribution in [0.3, 0.4) is 0 Å². The van der Waals surface area contributed by atoms with E-state index in [1.807, 2.05) is 18.2 Å². The largest absolute Gasteiger partial charge is 0.381 e. The molecule has 0 unspecified atom stereocenters. The fourth-order valence-electron chi connectivity index (χ4n) is 2.06. The van der Waals surface area contributed by atoms with Gasteiger partial charge in [-0.2, -0.15) is 5.26 Å². The summed E-state index contributed by atoms with van der Waals surface area (Å²) in [4.78, 5) is 3.63. The quantitative estimate of drug-likeness (QED) is 0.799. The number of aromatic nitrogens is 1. The van der Waals surface area contributed by atoms with Crippen LogP contribution in [0.2, 0.25) is 5.15 Å². The molecule has 2 aromatic rings. The summed E-state index contributed by atoms with van der Waals surface area (Å²) in [6.07, 6.45) is 0. The highest BCUT2D eigenvalue weighted by atomic mass is 35.5. The summed E-state index contributed by atoms with van der Waals surface area (Å²) < 4.78 is 14.3. The van der Waals surface area contributed by atoms with Crippen molar-refractivity contribution in [2.24, 2.45) is 0 Å². The number of halogens is 2. The fourth-order valence-corrected chi connectivity index (χ4v) is 2.29. The molecule has 0 atom stereocenters. The van der Waals surface area contributed by atoms with E-state index < -0.39 is 5.82 Å². The van der Waals surface area contributed by atoms with Crippen molar-refractivity contribution < 1.29 is 4.39 Å². The zero-order chi connectivity index (χ0) is 15.8. The Bertz CT molecular complexity index is 725. The standard InChI is InChI=1S/C16H15ClFN3/c1-16(2,3)10-6-4-9(5-7-10)12-11(8-19)14(17)21-15(20)13(12)18/h4-7H,1-3H3,(H2,20,21). The third-order valence-corrected chi connectivity index (χ3v) is 3.54. The summed E-state index contributed by atoms with van der Waals surface area (Å²) in [5, 5.41) is 9.09. The summed E-state index contributed by atoms with van der Waals surface area (Å²) in [6.45, 7) is 6.26. The summed E-state index contributed by atoms with van der Waals surface area (Å²) in [5.74, 6) is -1.03. The smallest absolute Gasteiger partial charge is 0.174 e. The molecule has 0 aliphatic carbocycles. The molecule has 0 amide bonds. The summed E-state index contributed by atoms with van der Waals surface area (Å²) in [7, 11) is 0. The Hall–Kier alpha value is -2.12. The lowest BCUT2D eigenvalue weighted by Crippen LogP contribution is -2.10. The van der Waals surface area contributed by atoms with Gasteiger partial charge in [0.25, 0.3) is 0 Å². The fraction of sp³-hybridized carbons (Fsp3) is 0.250. The Morgan fingerprint density at radius 2 is 1.81 bits per heavy atom. The molecule has 108 valence electrons. The summed E-state index contributed by atoms with van der Waals surface area (Å²) >= 11 is 5.88. The van der Waals surface area contributed by atoms with E-state index in [1.165, 1.54) is 0 Å². The molecule has 21 heavy (non-hydrogen) atoms. The van der Waals surface area contributed by atoms with Crippen molar-refractivity contribution in [1.29, 1.82) is 5.26 Å². The number of nitrogens with zero attached hydrogens (tertiary/aromatic N) is 2. The van der Waals surface area contributed by atoms with Gasteiger partial charge in [0.05, 0.1) is 0 Å². The molecular weight excluding hydrogens is 289 g/mol. The summed E-state index contributed by atoms with van der Waals surface area (Å²) in [5.41, 5.74) is 7.24. The number of nitrogens with two attached hydrogens (primary N) is 1. The van der Waals surface area contributed by atoms with Gasteiger partial charge in [-0.15, -0.1) is 0 Å². The van der Waals surface area contributed by atoms with Crippen molar-refractivity contribution in [3.63, 3.8) is 0 Å². The molecule has 1 aromatic carbocycles.